The third-order valence-electron chi connectivity index (χ3n) is 2.37. The Morgan fingerprint density at radius 3 is 2.81 bits per heavy atom. The van der Waals surface area contributed by atoms with Crippen molar-refractivity contribution in [1.29, 1.82) is 0 Å². The van der Waals surface area contributed by atoms with Crippen molar-refractivity contribution in [2.24, 2.45) is 5.73 Å². The van der Waals surface area contributed by atoms with Gasteiger partial charge in [-0.25, -0.2) is 4.98 Å². The number of nitrogens with two attached hydrogens (primary N) is 1. The molecule has 2 aromatic rings. The lowest BCUT2D eigenvalue weighted by atomic mass is 10.1. The number of rotatable bonds is 3. The first kappa shape index (κ1) is 10.6. The van der Waals surface area contributed by atoms with E-state index in [-0.39, 0.29) is 5.56 Å². The molecular formula is C12H13N3O. The van der Waals surface area contributed by atoms with Crippen LogP contribution in [-0.2, 0) is 13.1 Å². The van der Waals surface area contributed by atoms with Crippen molar-refractivity contribution in [3.05, 3.63) is 64.3 Å². The summed E-state index contributed by atoms with van der Waals surface area (Å²) < 4.78 is 1.57. The van der Waals surface area contributed by atoms with Crippen LogP contribution in [0, 0.1) is 0 Å². The van der Waals surface area contributed by atoms with Gasteiger partial charge in [0.25, 0.3) is 5.56 Å². The van der Waals surface area contributed by atoms with Gasteiger partial charge in [-0.1, -0.05) is 24.3 Å². The maximum Gasteiger partial charge on any atom is 0.253 e. The highest BCUT2D eigenvalue weighted by atomic mass is 16.1. The average Bonchev–Trinajstić information content (AvgIpc) is 2.32. The van der Waals surface area contributed by atoms with Crippen molar-refractivity contribution in [1.82, 2.24) is 9.55 Å². The highest BCUT2D eigenvalue weighted by Crippen LogP contribution is 2.05. The zero-order valence-corrected chi connectivity index (χ0v) is 8.84. The molecule has 1 aromatic heterocycles. The number of aromatic nitrogens is 2. The first-order chi connectivity index (χ1) is 7.79. The van der Waals surface area contributed by atoms with Crippen LogP contribution >= 0.6 is 0 Å². The summed E-state index contributed by atoms with van der Waals surface area (Å²) in [5, 5.41) is 0. The minimum atomic E-state index is -0.0480. The number of hydrogen-bond donors (Lipinski definition) is 1. The predicted octanol–water partition coefficient (Wildman–Crippen LogP) is 0.750. The van der Waals surface area contributed by atoms with Crippen molar-refractivity contribution >= 4 is 0 Å². The van der Waals surface area contributed by atoms with E-state index in [9.17, 15) is 4.79 Å². The summed E-state index contributed by atoms with van der Waals surface area (Å²) >= 11 is 0. The minimum Gasteiger partial charge on any atom is -0.326 e. The molecule has 4 heteroatoms. The van der Waals surface area contributed by atoms with Crippen LogP contribution in [0.3, 0.4) is 0 Å². The Balaban J connectivity index is 2.27. The van der Waals surface area contributed by atoms with Crippen LogP contribution in [0.5, 0.6) is 0 Å². The first-order valence-corrected chi connectivity index (χ1v) is 5.08. The largest absolute Gasteiger partial charge is 0.326 e. The quantitative estimate of drug-likeness (QED) is 0.821. The van der Waals surface area contributed by atoms with Gasteiger partial charge in [0.2, 0.25) is 0 Å². The second-order valence-corrected chi connectivity index (χ2v) is 3.57. The lowest BCUT2D eigenvalue weighted by molar-refractivity contribution is 0.735. The second kappa shape index (κ2) is 4.72. The Bertz CT molecular complexity index is 534. The van der Waals surface area contributed by atoms with Gasteiger partial charge in [-0.15, -0.1) is 0 Å². The van der Waals surface area contributed by atoms with E-state index in [1.807, 2.05) is 24.3 Å². The lowest BCUT2D eigenvalue weighted by Gasteiger charge is -2.05. The van der Waals surface area contributed by atoms with Gasteiger partial charge in [-0.2, -0.15) is 0 Å². The molecular weight excluding hydrogens is 202 g/mol. The van der Waals surface area contributed by atoms with Gasteiger partial charge in [-0.3, -0.25) is 9.36 Å². The molecule has 0 fully saturated rings. The van der Waals surface area contributed by atoms with Crippen LogP contribution in [0.4, 0.5) is 0 Å². The Kier molecular flexibility index (Phi) is 3.12. The zero-order chi connectivity index (χ0) is 11.4. The Morgan fingerprint density at radius 2 is 2.06 bits per heavy atom. The molecule has 0 bridgehead atoms. The predicted molar refractivity (Wildman–Crippen MR) is 61.9 cm³/mol. The molecule has 0 aliphatic rings. The fourth-order valence-electron chi connectivity index (χ4n) is 1.55. The van der Waals surface area contributed by atoms with Gasteiger partial charge in [0.05, 0.1) is 12.9 Å². The highest BCUT2D eigenvalue weighted by Gasteiger charge is 1.98. The lowest BCUT2D eigenvalue weighted by Crippen LogP contribution is -2.19. The van der Waals surface area contributed by atoms with E-state index in [4.69, 9.17) is 5.73 Å². The molecule has 0 saturated carbocycles. The van der Waals surface area contributed by atoms with Crippen molar-refractivity contribution < 1.29 is 0 Å². The Labute approximate surface area is 93.4 Å². The monoisotopic (exact) mass is 215 g/mol. The normalized spacial score (nSPS) is 10.3. The molecule has 0 unspecified atom stereocenters. The highest BCUT2D eigenvalue weighted by molar-refractivity contribution is 5.23. The van der Waals surface area contributed by atoms with Gasteiger partial charge >= 0.3 is 0 Å². The van der Waals surface area contributed by atoms with Crippen molar-refractivity contribution in [2.45, 2.75) is 13.1 Å². The fourth-order valence-corrected chi connectivity index (χ4v) is 1.55. The van der Waals surface area contributed by atoms with Crippen molar-refractivity contribution in [2.75, 3.05) is 0 Å². The van der Waals surface area contributed by atoms with Gasteiger partial charge in [0, 0.05) is 18.8 Å². The molecule has 4 nitrogen and oxygen atoms in total. The van der Waals surface area contributed by atoms with Crippen LogP contribution < -0.4 is 11.3 Å². The summed E-state index contributed by atoms with van der Waals surface area (Å²) in [6.07, 6.45) is 3.03. The summed E-state index contributed by atoms with van der Waals surface area (Å²) in [4.78, 5) is 15.4. The van der Waals surface area contributed by atoms with E-state index in [1.54, 1.807) is 4.57 Å². The summed E-state index contributed by atoms with van der Waals surface area (Å²) in [6.45, 7) is 1.04. The van der Waals surface area contributed by atoms with Crippen LogP contribution in [0.25, 0.3) is 0 Å². The summed E-state index contributed by atoms with van der Waals surface area (Å²) in [5.74, 6) is 0. The smallest absolute Gasteiger partial charge is 0.253 e. The molecule has 16 heavy (non-hydrogen) atoms. The minimum absolute atomic E-state index is 0.0480. The van der Waals surface area contributed by atoms with Crippen LogP contribution in [0.1, 0.15) is 11.1 Å². The molecule has 82 valence electrons. The van der Waals surface area contributed by atoms with Gasteiger partial charge < -0.3 is 5.73 Å². The van der Waals surface area contributed by atoms with Gasteiger partial charge in [0.15, 0.2) is 0 Å². The standard InChI is InChI=1S/C12H13N3O/c13-7-10-2-1-3-11(6-10)8-15-9-14-5-4-12(15)16/h1-6,9H,7-8,13H2. The summed E-state index contributed by atoms with van der Waals surface area (Å²) in [5.41, 5.74) is 7.63. The molecule has 2 rings (SSSR count). The fraction of sp³-hybridized carbons (Fsp3) is 0.167. The maximum atomic E-state index is 11.5. The molecule has 1 heterocycles. The molecule has 0 amide bonds. The maximum absolute atomic E-state index is 11.5. The summed E-state index contributed by atoms with van der Waals surface area (Å²) in [7, 11) is 0. The molecule has 0 spiro atoms. The first-order valence-electron chi connectivity index (χ1n) is 5.08. The van der Waals surface area contributed by atoms with E-state index in [0.29, 0.717) is 13.1 Å². The number of nitrogens with zero attached hydrogens (tertiary/aromatic N) is 2. The van der Waals surface area contributed by atoms with Crippen molar-refractivity contribution in [3.63, 3.8) is 0 Å². The molecule has 0 saturated heterocycles. The van der Waals surface area contributed by atoms with Gasteiger partial charge in [-0.05, 0) is 11.1 Å². The molecule has 0 aliphatic carbocycles. The molecule has 0 aliphatic heterocycles. The van der Waals surface area contributed by atoms with Crippen molar-refractivity contribution in [3.8, 4) is 0 Å². The average molecular weight is 215 g/mol. The SMILES string of the molecule is NCc1cccc(Cn2cnccc2=O)c1. The third kappa shape index (κ3) is 2.35. The Hall–Kier alpha value is -1.94. The Morgan fingerprint density at radius 1 is 1.25 bits per heavy atom. The van der Waals surface area contributed by atoms with Crippen LogP contribution in [0.15, 0.2) is 47.7 Å². The molecule has 1 aromatic carbocycles. The topological polar surface area (TPSA) is 60.9 Å². The molecule has 2 N–H and O–H groups in total. The summed E-state index contributed by atoms with van der Waals surface area (Å²) in [6, 6.07) is 9.33. The van der Waals surface area contributed by atoms with Gasteiger partial charge in [0.1, 0.15) is 0 Å². The van der Waals surface area contributed by atoms with E-state index < -0.39 is 0 Å². The zero-order valence-electron chi connectivity index (χ0n) is 8.84. The molecule has 0 radical (unpaired) electrons. The molecule has 0 atom stereocenters. The van der Waals surface area contributed by atoms with E-state index in [1.165, 1.54) is 18.6 Å². The number of benzene rings is 1. The van der Waals surface area contributed by atoms with E-state index in [0.717, 1.165) is 11.1 Å². The van der Waals surface area contributed by atoms with Crippen LogP contribution in [0.2, 0.25) is 0 Å². The second-order valence-electron chi connectivity index (χ2n) is 3.57. The van der Waals surface area contributed by atoms with E-state index >= 15 is 0 Å². The van der Waals surface area contributed by atoms with Crippen LogP contribution in [-0.4, -0.2) is 9.55 Å². The third-order valence-corrected chi connectivity index (χ3v) is 2.37. The van der Waals surface area contributed by atoms with E-state index in [2.05, 4.69) is 4.98 Å². The number of hydrogen-bond acceptors (Lipinski definition) is 3.